The Morgan fingerprint density at radius 1 is 1.24 bits per heavy atom. The standard InChI is InChI=1S/C24H30FN3O/c1-23(26)14-19(15-23)27-22(29)28-12-8-17-13-24(9-2-10-24)11-7-20(17)21(28)16-3-5-18(25)6-4-16/h3-7,11,19,21H,2,8-10,12-15,26H2,1H3,(H,27,29)/t19?,21-,23?/m0/s1. The molecule has 5 rings (SSSR count). The summed E-state index contributed by atoms with van der Waals surface area (Å²) in [6, 6.07) is 6.57. The van der Waals surface area contributed by atoms with Crippen LogP contribution in [0.5, 0.6) is 0 Å². The number of nitrogens with two attached hydrogens (primary N) is 1. The van der Waals surface area contributed by atoms with Gasteiger partial charge in [-0.25, -0.2) is 9.18 Å². The van der Waals surface area contributed by atoms with Crippen LogP contribution in [0.3, 0.4) is 0 Å². The van der Waals surface area contributed by atoms with Gasteiger partial charge in [-0.1, -0.05) is 36.3 Å². The first-order valence-electron chi connectivity index (χ1n) is 10.9. The van der Waals surface area contributed by atoms with Gasteiger partial charge in [0.1, 0.15) is 5.82 Å². The number of nitrogens with one attached hydrogen (secondary N) is 1. The summed E-state index contributed by atoms with van der Waals surface area (Å²) >= 11 is 0. The second kappa shape index (κ2) is 6.69. The fourth-order valence-electron chi connectivity index (χ4n) is 5.66. The minimum atomic E-state index is -0.251. The van der Waals surface area contributed by atoms with Gasteiger partial charge < -0.3 is 16.0 Å². The maximum absolute atomic E-state index is 13.6. The number of rotatable bonds is 2. The van der Waals surface area contributed by atoms with Crippen LogP contribution in [-0.2, 0) is 0 Å². The van der Waals surface area contributed by atoms with Crippen molar-refractivity contribution in [1.29, 1.82) is 0 Å². The molecule has 2 fully saturated rings. The fraction of sp³-hybridized carbons (Fsp3) is 0.542. The van der Waals surface area contributed by atoms with Gasteiger partial charge in [0.25, 0.3) is 0 Å². The molecule has 29 heavy (non-hydrogen) atoms. The number of carbonyl (C=O) groups excluding carboxylic acids is 1. The van der Waals surface area contributed by atoms with Crippen LogP contribution in [-0.4, -0.2) is 29.1 Å². The van der Waals surface area contributed by atoms with Gasteiger partial charge >= 0.3 is 6.03 Å². The van der Waals surface area contributed by atoms with Crippen LogP contribution in [0.25, 0.3) is 0 Å². The summed E-state index contributed by atoms with van der Waals surface area (Å²) < 4.78 is 13.6. The molecule has 4 nitrogen and oxygen atoms in total. The molecule has 1 atom stereocenters. The van der Waals surface area contributed by atoms with Crippen molar-refractivity contribution in [3.05, 3.63) is 58.9 Å². The topological polar surface area (TPSA) is 58.4 Å². The molecule has 0 radical (unpaired) electrons. The SMILES string of the molecule is CC1(N)CC(NC(=O)N2CCC3=C(C=CC4(CCC4)C3)[C@@H]2c2ccc(F)cc2)C1. The largest absolute Gasteiger partial charge is 0.335 e. The van der Waals surface area contributed by atoms with Gasteiger partial charge in [0.15, 0.2) is 0 Å². The molecule has 0 aromatic heterocycles. The zero-order chi connectivity index (χ0) is 20.2. The predicted octanol–water partition coefficient (Wildman–Crippen LogP) is 4.59. The Hall–Kier alpha value is -2.14. The molecule has 1 aromatic rings. The molecule has 1 aliphatic heterocycles. The lowest BCUT2D eigenvalue weighted by Crippen LogP contribution is -2.60. The van der Waals surface area contributed by atoms with Gasteiger partial charge in [-0.15, -0.1) is 0 Å². The Bertz CT molecular complexity index is 874. The lowest BCUT2D eigenvalue weighted by molar-refractivity contribution is 0.146. The molecule has 3 aliphatic carbocycles. The van der Waals surface area contributed by atoms with Gasteiger partial charge in [-0.2, -0.15) is 0 Å². The molecule has 0 bridgehead atoms. The van der Waals surface area contributed by atoms with Crippen molar-refractivity contribution in [1.82, 2.24) is 10.2 Å². The van der Waals surface area contributed by atoms with E-state index < -0.39 is 0 Å². The number of hydrogen-bond donors (Lipinski definition) is 2. The first kappa shape index (κ1) is 18.9. The zero-order valence-electron chi connectivity index (χ0n) is 17.1. The molecule has 1 heterocycles. The third-order valence-corrected chi connectivity index (χ3v) is 7.40. The highest BCUT2D eigenvalue weighted by Gasteiger charge is 2.43. The van der Waals surface area contributed by atoms with Crippen molar-refractivity contribution >= 4 is 6.03 Å². The Labute approximate surface area is 172 Å². The second-order valence-electron chi connectivity index (χ2n) is 9.89. The molecular formula is C24H30FN3O. The third-order valence-electron chi connectivity index (χ3n) is 7.40. The summed E-state index contributed by atoms with van der Waals surface area (Å²) in [5.41, 5.74) is 9.97. The van der Waals surface area contributed by atoms with E-state index in [-0.39, 0.29) is 29.5 Å². The van der Waals surface area contributed by atoms with Gasteiger partial charge in [0.05, 0.1) is 6.04 Å². The second-order valence-corrected chi connectivity index (χ2v) is 9.89. The molecule has 5 heteroatoms. The molecule has 3 N–H and O–H groups in total. The highest BCUT2D eigenvalue weighted by molar-refractivity contribution is 5.76. The zero-order valence-corrected chi connectivity index (χ0v) is 17.1. The molecular weight excluding hydrogens is 365 g/mol. The number of urea groups is 1. The van der Waals surface area contributed by atoms with Crippen molar-refractivity contribution in [2.45, 2.75) is 69.5 Å². The van der Waals surface area contributed by atoms with Crippen LogP contribution in [0.2, 0.25) is 0 Å². The highest BCUT2D eigenvalue weighted by Crippen LogP contribution is 2.53. The van der Waals surface area contributed by atoms with Gasteiger partial charge in [0.2, 0.25) is 0 Å². The summed E-state index contributed by atoms with van der Waals surface area (Å²) in [4.78, 5) is 15.1. The Kier molecular flexibility index (Phi) is 4.35. The van der Waals surface area contributed by atoms with Crippen LogP contribution in [0.15, 0.2) is 47.6 Å². The van der Waals surface area contributed by atoms with Crippen molar-refractivity contribution in [2.75, 3.05) is 6.54 Å². The Morgan fingerprint density at radius 2 is 1.97 bits per heavy atom. The van der Waals surface area contributed by atoms with Crippen LogP contribution < -0.4 is 11.1 Å². The van der Waals surface area contributed by atoms with E-state index in [4.69, 9.17) is 5.73 Å². The molecule has 0 saturated heterocycles. The predicted molar refractivity (Wildman–Crippen MR) is 112 cm³/mol. The summed E-state index contributed by atoms with van der Waals surface area (Å²) in [6.45, 7) is 2.72. The smallest absolute Gasteiger partial charge is 0.318 e. The van der Waals surface area contributed by atoms with E-state index >= 15 is 0 Å². The molecule has 2 amide bonds. The van der Waals surface area contributed by atoms with Crippen molar-refractivity contribution in [3.63, 3.8) is 0 Å². The molecule has 4 aliphatic rings. The van der Waals surface area contributed by atoms with E-state index in [0.717, 1.165) is 31.2 Å². The average Bonchev–Trinajstić information content (AvgIpc) is 2.64. The molecule has 2 saturated carbocycles. The first-order chi connectivity index (χ1) is 13.8. The first-order valence-corrected chi connectivity index (χ1v) is 10.9. The maximum atomic E-state index is 13.6. The van der Waals surface area contributed by atoms with Crippen LogP contribution >= 0.6 is 0 Å². The van der Waals surface area contributed by atoms with Crippen LogP contribution in [0.1, 0.15) is 63.5 Å². The molecule has 1 spiro atoms. The minimum Gasteiger partial charge on any atom is -0.335 e. The van der Waals surface area contributed by atoms with E-state index in [2.05, 4.69) is 17.5 Å². The fourth-order valence-corrected chi connectivity index (χ4v) is 5.66. The molecule has 1 aromatic carbocycles. The van der Waals surface area contributed by atoms with Gasteiger partial charge in [0, 0.05) is 18.1 Å². The van der Waals surface area contributed by atoms with E-state index in [1.165, 1.54) is 42.5 Å². The maximum Gasteiger partial charge on any atom is 0.318 e. The van der Waals surface area contributed by atoms with E-state index in [1.807, 2.05) is 24.0 Å². The Balaban J connectivity index is 1.43. The van der Waals surface area contributed by atoms with E-state index in [9.17, 15) is 9.18 Å². The normalized spacial score (nSPS) is 32.4. The number of amides is 2. The average molecular weight is 396 g/mol. The summed E-state index contributed by atoms with van der Waals surface area (Å²) in [7, 11) is 0. The van der Waals surface area contributed by atoms with Crippen molar-refractivity contribution in [3.8, 4) is 0 Å². The van der Waals surface area contributed by atoms with Crippen molar-refractivity contribution in [2.24, 2.45) is 11.1 Å². The highest BCUT2D eigenvalue weighted by atomic mass is 19.1. The quantitative estimate of drug-likeness (QED) is 0.770. The summed E-state index contributed by atoms with van der Waals surface area (Å²) in [5, 5.41) is 3.17. The molecule has 154 valence electrons. The van der Waals surface area contributed by atoms with Crippen LogP contribution in [0, 0.1) is 11.2 Å². The number of halogens is 1. The lowest BCUT2D eigenvalue weighted by Gasteiger charge is -2.48. The Morgan fingerprint density at radius 3 is 2.59 bits per heavy atom. The third kappa shape index (κ3) is 3.39. The monoisotopic (exact) mass is 395 g/mol. The number of nitrogens with zero attached hydrogens (tertiary/aromatic N) is 1. The van der Waals surface area contributed by atoms with Crippen LogP contribution in [0.4, 0.5) is 9.18 Å². The minimum absolute atomic E-state index is 0.0382. The molecule has 0 unspecified atom stereocenters. The number of allylic oxidation sites excluding steroid dienone is 1. The van der Waals surface area contributed by atoms with Crippen molar-refractivity contribution < 1.29 is 9.18 Å². The summed E-state index contributed by atoms with van der Waals surface area (Å²) in [6.07, 6.45) is 12.1. The van der Waals surface area contributed by atoms with Gasteiger partial charge in [-0.05, 0) is 74.1 Å². The number of carbonyl (C=O) groups is 1. The number of hydrogen-bond acceptors (Lipinski definition) is 2. The van der Waals surface area contributed by atoms with E-state index in [1.54, 1.807) is 0 Å². The lowest BCUT2D eigenvalue weighted by atomic mass is 9.61. The summed E-state index contributed by atoms with van der Waals surface area (Å²) in [5.74, 6) is -0.251. The number of benzene rings is 1. The van der Waals surface area contributed by atoms with Gasteiger partial charge in [-0.3, -0.25) is 0 Å². The van der Waals surface area contributed by atoms with E-state index in [0.29, 0.717) is 12.0 Å².